The molecule has 0 saturated heterocycles. The van der Waals surface area contributed by atoms with E-state index in [0.717, 1.165) is 45.1 Å². The number of benzene rings is 1. The van der Waals surface area contributed by atoms with E-state index in [2.05, 4.69) is 20.9 Å². The molecule has 0 spiro atoms. The predicted molar refractivity (Wildman–Crippen MR) is 217 cm³/mol. The van der Waals surface area contributed by atoms with Gasteiger partial charge >= 0.3 is 30.1 Å². The zero-order valence-electron chi connectivity index (χ0n) is 34.4. The van der Waals surface area contributed by atoms with Gasteiger partial charge in [0.2, 0.25) is 17.7 Å². The molecule has 1 aromatic heterocycles. The Balaban J connectivity index is 1.56. The molecule has 0 saturated carbocycles. The van der Waals surface area contributed by atoms with Crippen molar-refractivity contribution in [3.05, 3.63) is 51.8 Å². The van der Waals surface area contributed by atoms with Crippen molar-refractivity contribution in [2.45, 2.75) is 44.7 Å². The molecule has 1 aliphatic rings. The van der Waals surface area contributed by atoms with Crippen LogP contribution in [0.15, 0.2) is 35.1 Å². The van der Waals surface area contributed by atoms with E-state index >= 15 is 0 Å². The van der Waals surface area contributed by atoms with Gasteiger partial charge in [-0.3, -0.25) is 67.5 Å². The summed E-state index contributed by atoms with van der Waals surface area (Å²) in [6.45, 7) is -3.48. The second kappa shape index (κ2) is 24.8. The highest BCUT2D eigenvalue weighted by molar-refractivity contribution is 6.13. The molecule has 22 nitrogen and oxygen atoms in total. The Morgan fingerprint density at radius 1 is 0.641 bits per heavy atom. The minimum Gasteiger partial charge on any atom is -0.480 e. The molecular weight excluding hydrogens is 861 g/mol. The minimum absolute atomic E-state index is 0.0431. The third kappa shape index (κ3) is 17.9. The Kier molecular flexibility index (Phi) is 20.0. The Morgan fingerprint density at radius 2 is 1.12 bits per heavy atom. The number of pyridine rings is 1. The van der Waals surface area contributed by atoms with Gasteiger partial charge in [-0.15, -0.1) is 0 Å². The highest BCUT2D eigenvalue weighted by atomic mass is 19.4. The van der Waals surface area contributed by atoms with Gasteiger partial charge < -0.3 is 41.4 Å². The molecule has 3 rings (SSSR count). The number of anilines is 1. The summed E-state index contributed by atoms with van der Waals surface area (Å²) in [5.41, 5.74) is -3.82. The maximum atomic E-state index is 14.5. The van der Waals surface area contributed by atoms with Gasteiger partial charge in [-0.2, -0.15) is 13.2 Å². The highest BCUT2D eigenvalue weighted by Crippen LogP contribution is 2.36. The molecule has 350 valence electrons. The number of H-pyrrole nitrogens is 1. The fourth-order valence-corrected chi connectivity index (χ4v) is 6.58. The van der Waals surface area contributed by atoms with Gasteiger partial charge in [-0.1, -0.05) is 18.9 Å². The van der Waals surface area contributed by atoms with Crippen molar-refractivity contribution in [3.8, 4) is 0 Å². The van der Waals surface area contributed by atoms with E-state index in [1.54, 1.807) is 0 Å². The van der Waals surface area contributed by atoms with Gasteiger partial charge in [-0.05, 0) is 25.0 Å². The number of halogens is 3. The molecule has 64 heavy (non-hydrogen) atoms. The van der Waals surface area contributed by atoms with Gasteiger partial charge in [0.1, 0.15) is 0 Å². The molecule has 2 aromatic rings. The van der Waals surface area contributed by atoms with Crippen molar-refractivity contribution >= 4 is 70.0 Å². The van der Waals surface area contributed by atoms with Gasteiger partial charge in [0.05, 0.1) is 50.2 Å². The van der Waals surface area contributed by atoms with Crippen LogP contribution in [0.1, 0.15) is 43.2 Å². The molecule has 1 aliphatic heterocycles. The molecular formula is C39H49F3N8O14. The Bertz CT molecular complexity index is 2130. The van der Waals surface area contributed by atoms with Gasteiger partial charge in [0.15, 0.2) is 0 Å². The van der Waals surface area contributed by atoms with E-state index in [9.17, 15) is 71.3 Å². The van der Waals surface area contributed by atoms with E-state index in [-0.39, 0.29) is 62.8 Å². The topological polar surface area (TPSA) is 316 Å². The van der Waals surface area contributed by atoms with E-state index in [1.165, 1.54) is 4.90 Å². The van der Waals surface area contributed by atoms with Gasteiger partial charge in [0.25, 0.3) is 17.4 Å². The monoisotopic (exact) mass is 910 g/mol. The van der Waals surface area contributed by atoms with Crippen molar-refractivity contribution in [2.75, 3.05) is 83.9 Å². The number of carbonyl (C=O) groups excluding carboxylic acids is 5. The van der Waals surface area contributed by atoms with Crippen LogP contribution in [0, 0.1) is 0 Å². The molecule has 0 atom stereocenters. The Morgan fingerprint density at radius 3 is 1.64 bits per heavy atom. The number of carboxylic acids is 4. The van der Waals surface area contributed by atoms with Crippen LogP contribution >= 0.6 is 0 Å². The van der Waals surface area contributed by atoms with Crippen LogP contribution in [0.2, 0.25) is 0 Å². The summed E-state index contributed by atoms with van der Waals surface area (Å²) in [6.07, 6.45) is -1.53. The summed E-state index contributed by atoms with van der Waals surface area (Å²) in [7, 11) is 0. The molecule has 8 N–H and O–H groups in total. The van der Waals surface area contributed by atoms with Crippen molar-refractivity contribution in [3.63, 3.8) is 0 Å². The zero-order valence-corrected chi connectivity index (χ0v) is 34.4. The number of carboxylic acid groups (broad SMARTS) is 4. The molecule has 0 unspecified atom stereocenters. The summed E-state index contributed by atoms with van der Waals surface area (Å²) in [5, 5.41) is 44.0. The number of unbranched alkanes of at least 4 members (excludes halogenated alkanes) is 3. The molecule has 1 aromatic carbocycles. The van der Waals surface area contributed by atoms with Crippen LogP contribution < -0.4 is 21.5 Å². The number of nitrogens with one attached hydrogen (secondary N) is 4. The van der Waals surface area contributed by atoms with Crippen LogP contribution in [0.4, 0.5) is 18.9 Å². The van der Waals surface area contributed by atoms with Crippen molar-refractivity contribution in [2.24, 2.45) is 0 Å². The second-order valence-electron chi connectivity index (χ2n) is 14.6. The number of imide groups is 1. The zero-order chi connectivity index (χ0) is 47.6. The number of hydrogen-bond donors (Lipinski definition) is 8. The lowest BCUT2D eigenvalue weighted by atomic mass is 9.99. The molecule has 5 amide bonds. The first-order valence-electron chi connectivity index (χ1n) is 19.8. The number of amides is 5. The lowest BCUT2D eigenvalue weighted by Gasteiger charge is -2.27. The Labute approximate surface area is 362 Å². The maximum Gasteiger partial charge on any atom is 0.417 e. The number of alkyl halides is 3. The van der Waals surface area contributed by atoms with E-state index in [1.807, 2.05) is 0 Å². The summed E-state index contributed by atoms with van der Waals surface area (Å²) >= 11 is 0. The van der Waals surface area contributed by atoms with Crippen molar-refractivity contribution in [1.29, 1.82) is 0 Å². The molecule has 0 bridgehead atoms. The smallest absolute Gasteiger partial charge is 0.417 e. The minimum atomic E-state index is -5.08. The molecule has 0 aliphatic carbocycles. The maximum absolute atomic E-state index is 14.5. The van der Waals surface area contributed by atoms with E-state index in [0.29, 0.717) is 32.2 Å². The number of hydrogen-bond acceptors (Lipinski definition) is 13. The van der Waals surface area contributed by atoms with E-state index in [4.69, 9.17) is 10.2 Å². The van der Waals surface area contributed by atoms with Crippen LogP contribution in [0.25, 0.3) is 10.9 Å². The highest BCUT2D eigenvalue weighted by Gasteiger charge is 2.37. The van der Waals surface area contributed by atoms with E-state index < -0.39 is 115 Å². The number of aromatic nitrogens is 1. The van der Waals surface area contributed by atoms with Crippen molar-refractivity contribution < 1.29 is 76.7 Å². The fraction of sp³-hybridized carbons (Fsp3) is 0.487. The predicted octanol–water partition coefficient (Wildman–Crippen LogP) is -0.620. The lowest BCUT2D eigenvalue weighted by molar-refractivity contribution is -0.143. The van der Waals surface area contributed by atoms with Gasteiger partial charge in [0, 0.05) is 81.0 Å². The Hall–Kier alpha value is -6.73. The van der Waals surface area contributed by atoms with Crippen LogP contribution in [0.3, 0.4) is 0 Å². The quantitative estimate of drug-likeness (QED) is 0.0373. The van der Waals surface area contributed by atoms with Crippen LogP contribution in [0.5, 0.6) is 0 Å². The standard InChI is InChI=1S/C39H49F3N8O14/c40-39(41,42)37-25-6-5-24(45-30(53)19-48(21-34(58)59)15-13-47(20-33(56)57)14-16-49(22-35(60)61)23-36(62)63)17-27(25)46-38(64)26(37)18-29(52)44-11-4-2-1-3-10-43-28(51)9-12-50-31(54)7-8-32(50)55/h5-8,17H,1-4,9-16,18-23H2,(H,43,51)(H,44,52)(H,45,53)(H,46,64)(H,56,57)(H,58,59)(H,60,61)(H,62,63). The number of nitrogens with zero attached hydrogens (tertiary/aromatic N) is 4. The molecule has 0 radical (unpaired) electrons. The number of carbonyl (C=O) groups is 9. The normalized spacial score (nSPS) is 12.7. The summed E-state index contributed by atoms with van der Waals surface area (Å²) in [6, 6.07) is 3.14. The lowest BCUT2D eigenvalue weighted by Crippen LogP contribution is -2.46. The summed E-state index contributed by atoms with van der Waals surface area (Å²) in [4.78, 5) is 126. The molecule has 2 heterocycles. The second-order valence-corrected chi connectivity index (χ2v) is 14.6. The molecule has 0 fully saturated rings. The fourth-order valence-electron chi connectivity index (χ4n) is 6.58. The van der Waals surface area contributed by atoms with Gasteiger partial charge in [-0.25, -0.2) is 0 Å². The number of fused-ring (bicyclic) bond motifs is 1. The number of aromatic amines is 1. The average Bonchev–Trinajstić information content (AvgIpc) is 3.50. The molecule has 25 heteroatoms. The SMILES string of the molecule is O=C(O)CN(CCN(CC(=O)O)CC(=O)O)CCN(CC(=O)O)CC(=O)Nc1ccc2c(C(F)(F)F)c(CC(=O)NCCCCCCNC(=O)CCN3C(=O)C=CC3=O)c(=O)[nH]c2c1. The van der Waals surface area contributed by atoms with Crippen LogP contribution in [-0.2, 0) is 55.7 Å². The largest absolute Gasteiger partial charge is 0.480 e. The third-order valence-electron chi connectivity index (χ3n) is 9.50. The first kappa shape index (κ1) is 51.6. The number of aliphatic carboxylic acids is 4. The van der Waals surface area contributed by atoms with Crippen LogP contribution in [-0.4, -0.2) is 177 Å². The average molecular weight is 911 g/mol. The third-order valence-corrected chi connectivity index (χ3v) is 9.50. The van der Waals surface area contributed by atoms with Crippen molar-refractivity contribution in [1.82, 2.24) is 35.2 Å². The summed E-state index contributed by atoms with van der Waals surface area (Å²) in [5.74, 6) is -8.28. The first-order valence-corrected chi connectivity index (χ1v) is 19.8. The first-order chi connectivity index (χ1) is 30.1. The summed E-state index contributed by atoms with van der Waals surface area (Å²) < 4.78 is 43.4. The number of rotatable bonds is 29.